The lowest BCUT2D eigenvalue weighted by Crippen LogP contribution is -2.41. The molecule has 0 aliphatic rings. The van der Waals surface area contributed by atoms with E-state index in [1.807, 2.05) is 6.92 Å². The normalized spacial score (nSPS) is 11.7. The first-order valence-electron chi connectivity index (χ1n) is 9.48. The quantitative estimate of drug-likeness (QED) is 0.594. The van der Waals surface area contributed by atoms with Crippen LogP contribution in [0.2, 0.25) is 0 Å². The summed E-state index contributed by atoms with van der Waals surface area (Å²) in [5.41, 5.74) is 0.513. The highest BCUT2D eigenvalue weighted by atomic mass is 32.2. The van der Waals surface area contributed by atoms with Gasteiger partial charge in [-0.05, 0) is 37.2 Å². The summed E-state index contributed by atoms with van der Waals surface area (Å²) in [6.45, 7) is 7.26. The minimum Gasteiger partial charge on any atom is -0.348 e. The van der Waals surface area contributed by atoms with Crippen LogP contribution in [0.4, 0.5) is 5.69 Å². The molecule has 0 aromatic heterocycles. The number of carbonyl (C=O) groups is 2. The first-order valence-corrected chi connectivity index (χ1v) is 10.9. The Morgan fingerprint density at radius 2 is 1.54 bits per heavy atom. The SMILES string of the molecule is CCCN(CC(=O)Nc1ccc(S(=O)(=O)N(CC)CC)cc1)CC(=O)N(C)C. The molecule has 9 heteroatoms. The molecule has 1 rings (SSSR count). The average Bonchev–Trinajstić information content (AvgIpc) is 2.62. The van der Waals surface area contributed by atoms with E-state index in [1.54, 1.807) is 45.0 Å². The maximum absolute atomic E-state index is 12.5. The number of benzene rings is 1. The molecule has 0 saturated carbocycles. The van der Waals surface area contributed by atoms with Gasteiger partial charge in [-0.3, -0.25) is 14.5 Å². The minimum atomic E-state index is -3.52. The fraction of sp³-hybridized carbons (Fsp3) is 0.579. The van der Waals surface area contributed by atoms with Gasteiger partial charge in [0.25, 0.3) is 0 Å². The third kappa shape index (κ3) is 6.88. The summed E-state index contributed by atoms with van der Waals surface area (Å²) in [6.07, 6.45) is 0.825. The Labute approximate surface area is 168 Å². The third-order valence-electron chi connectivity index (χ3n) is 4.25. The largest absolute Gasteiger partial charge is 0.348 e. The van der Waals surface area contributed by atoms with Crippen LogP contribution < -0.4 is 5.32 Å². The van der Waals surface area contributed by atoms with Crippen LogP contribution in [-0.4, -0.2) is 81.2 Å². The van der Waals surface area contributed by atoms with Crippen molar-refractivity contribution in [3.8, 4) is 0 Å². The van der Waals surface area contributed by atoms with Crippen molar-refractivity contribution in [2.75, 3.05) is 52.1 Å². The van der Waals surface area contributed by atoms with Gasteiger partial charge < -0.3 is 10.2 Å². The van der Waals surface area contributed by atoms with Gasteiger partial charge in [-0.1, -0.05) is 20.8 Å². The van der Waals surface area contributed by atoms with Gasteiger partial charge in [-0.15, -0.1) is 0 Å². The molecule has 0 heterocycles. The van der Waals surface area contributed by atoms with E-state index in [2.05, 4.69) is 5.32 Å². The molecular weight excluding hydrogens is 380 g/mol. The molecule has 0 saturated heterocycles. The van der Waals surface area contributed by atoms with Crippen LogP contribution in [0.25, 0.3) is 0 Å². The number of hydrogen-bond acceptors (Lipinski definition) is 5. The van der Waals surface area contributed by atoms with Crippen molar-refractivity contribution >= 4 is 27.5 Å². The van der Waals surface area contributed by atoms with Crippen molar-refractivity contribution in [3.63, 3.8) is 0 Å². The number of hydrogen-bond donors (Lipinski definition) is 1. The zero-order valence-electron chi connectivity index (χ0n) is 17.4. The summed E-state index contributed by atoms with van der Waals surface area (Å²) in [5.74, 6) is -0.313. The maximum atomic E-state index is 12.5. The van der Waals surface area contributed by atoms with E-state index in [4.69, 9.17) is 0 Å². The van der Waals surface area contributed by atoms with Crippen molar-refractivity contribution in [1.82, 2.24) is 14.1 Å². The summed E-state index contributed by atoms with van der Waals surface area (Å²) in [5, 5.41) is 2.76. The van der Waals surface area contributed by atoms with Gasteiger partial charge in [0.05, 0.1) is 18.0 Å². The summed E-state index contributed by atoms with van der Waals surface area (Å²) in [7, 11) is -0.162. The predicted octanol–water partition coefficient (Wildman–Crippen LogP) is 1.46. The van der Waals surface area contributed by atoms with Gasteiger partial charge in [-0.25, -0.2) is 8.42 Å². The molecule has 1 aromatic rings. The molecule has 0 fully saturated rings. The van der Waals surface area contributed by atoms with Crippen LogP contribution in [0.3, 0.4) is 0 Å². The van der Waals surface area contributed by atoms with Crippen LogP contribution in [0.5, 0.6) is 0 Å². The lowest BCUT2D eigenvalue weighted by molar-refractivity contribution is -0.130. The molecule has 158 valence electrons. The summed E-state index contributed by atoms with van der Waals surface area (Å²) >= 11 is 0. The first kappa shape index (κ1) is 24.1. The molecule has 0 aliphatic carbocycles. The molecule has 2 amide bonds. The van der Waals surface area contributed by atoms with E-state index >= 15 is 0 Å². The predicted molar refractivity (Wildman–Crippen MR) is 111 cm³/mol. The first-order chi connectivity index (χ1) is 13.1. The standard InChI is InChI=1S/C19H32N4O4S/c1-6-13-22(15-19(25)21(4)5)14-18(24)20-16-9-11-17(12-10-16)28(26,27)23(7-2)8-3/h9-12H,6-8,13-15H2,1-5H3,(H,20,24). The van der Waals surface area contributed by atoms with Gasteiger partial charge in [-0.2, -0.15) is 4.31 Å². The Morgan fingerprint density at radius 1 is 0.964 bits per heavy atom. The number of nitrogens with one attached hydrogen (secondary N) is 1. The summed E-state index contributed by atoms with van der Waals surface area (Å²) in [4.78, 5) is 27.7. The molecule has 0 bridgehead atoms. The molecule has 0 spiro atoms. The highest BCUT2D eigenvalue weighted by Crippen LogP contribution is 2.18. The summed E-state index contributed by atoms with van der Waals surface area (Å²) in [6, 6.07) is 6.12. The van der Waals surface area contributed by atoms with Gasteiger partial charge in [0.2, 0.25) is 21.8 Å². The molecule has 0 unspecified atom stereocenters. The van der Waals surface area contributed by atoms with Crippen molar-refractivity contribution in [1.29, 1.82) is 0 Å². The molecule has 0 radical (unpaired) electrons. The molecule has 1 N–H and O–H groups in total. The van der Waals surface area contributed by atoms with E-state index in [0.717, 1.165) is 6.42 Å². The zero-order chi connectivity index (χ0) is 21.3. The molecule has 28 heavy (non-hydrogen) atoms. The second-order valence-corrected chi connectivity index (χ2v) is 8.60. The van der Waals surface area contributed by atoms with E-state index in [9.17, 15) is 18.0 Å². The number of sulfonamides is 1. The molecular formula is C19H32N4O4S. The highest BCUT2D eigenvalue weighted by Gasteiger charge is 2.21. The van der Waals surface area contributed by atoms with Crippen molar-refractivity contribution < 1.29 is 18.0 Å². The van der Waals surface area contributed by atoms with Crippen molar-refractivity contribution in [3.05, 3.63) is 24.3 Å². The number of amides is 2. The van der Waals surface area contributed by atoms with E-state index in [0.29, 0.717) is 25.3 Å². The Kier molecular flexibility index (Phi) is 9.57. The molecule has 1 aromatic carbocycles. The van der Waals surface area contributed by atoms with Crippen molar-refractivity contribution in [2.24, 2.45) is 0 Å². The Hall–Kier alpha value is -1.97. The fourth-order valence-electron chi connectivity index (χ4n) is 2.69. The lowest BCUT2D eigenvalue weighted by atomic mass is 10.3. The van der Waals surface area contributed by atoms with Gasteiger partial charge in [0.15, 0.2) is 0 Å². The average molecular weight is 413 g/mol. The van der Waals surface area contributed by atoms with Gasteiger partial charge in [0.1, 0.15) is 0 Å². The molecule has 0 atom stereocenters. The van der Waals surface area contributed by atoms with E-state index in [-0.39, 0.29) is 29.8 Å². The van der Waals surface area contributed by atoms with Crippen molar-refractivity contribution in [2.45, 2.75) is 32.1 Å². The topological polar surface area (TPSA) is 90.0 Å². The lowest BCUT2D eigenvalue weighted by Gasteiger charge is -2.22. The highest BCUT2D eigenvalue weighted by molar-refractivity contribution is 7.89. The number of likely N-dealkylation sites (N-methyl/N-ethyl adjacent to an activating group) is 1. The second-order valence-electron chi connectivity index (χ2n) is 6.66. The Bertz CT molecular complexity index is 744. The third-order valence-corrected chi connectivity index (χ3v) is 6.31. The smallest absolute Gasteiger partial charge is 0.243 e. The van der Waals surface area contributed by atoms with Crippen LogP contribution in [0, 0.1) is 0 Å². The van der Waals surface area contributed by atoms with Gasteiger partial charge in [0, 0.05) is 32.9 Å². The Balaban J connectivity index is 2.77. The van der Waals surface area contributed by atoms with Crippen LogP contribution >= 0.6 is 0 Å². The minimum absolute atomic E-state index is 0.0628. The van der Waals surface area contributed by atoms with Crippen LogP contribution in [0.15, 0.2) is 29.2 Å². The number of rotatable bonds is 11. The van der Waals surface area contributed by atoms with Crippen LogP contribution in [-0.2, 0) is 19.6 Å². The van der Waals surface area contributed by atoms with Crippen LogP contribution in [0.1, 0.15) is 27.2 Å². The molecule has 8 nitrogen and oxygen atoms in total. The second kappa shape index (κ2) is 11.1. The monoisotopic (exact) mass is 412 g/mol. The fourth-order valence-corrected chi connectivity index (χ4v) is 4.15. The Morgan fingerprint density at radius 3 is 2.00 bits per heavy atom. The summed E-state index contributed by atoms with van der Waals surface area (Å²) < 4.78 is 26.4. The number of nitrogens with zero attached hydrogens (tertiary/aromatic N) is 3. The maximum Gasteiger partial charge on any atom is 0.243 e. The molecule has 0 aliphatic heterocycles. The number of carbonyl (C=O) groups excluding carboxylic acids is 2. The van der Waals surface area contributed by atoms with E-state index < -0.39 is 10.0 Å². The van der Waals surface area contributed by atoms with E-state index in [1.165, 1.54) is 21.3 Å². The van der Waals surface area contributed by atoms with Gasteiger partial charge >= 0.3 is 0 Å². The zero-order valence-corrected chi connectivity index (χ0v) is 18.3. The number of anilines is 1.